The molecular weight excluding hydrogens is 286 g/mol. The Morgan fingerprint density at radius 2 is 1.74 bits per heavy atom. The topological polar surface area (TPSA) is 72.5 Å². The molecule has 0 spiro atoms. The van der Waals surface area contributed by atoms with Crippen LogP contribution in [0.4, 0.5) is 5.69 Å². The van der Waals surface area contributed by atoms with Gasteiger partial charge in [0.1, 0.15) is 0 Å². The van der Waals surface area contributed by atoms with Crippen LogP contribution in [0.15, 0.2) is 54.6 Å². The van der Waals surface area contributed by atoms with Gasteiger partial charge in [0.25, 0.3) is 0 Å². The Labute approximate surface area is 133 Å². The van der Waals surface area contributed by atoms with Gasteiger partial charge in [-0.1, -0.05) is 18.2 Å². The van der Waals surface area contributed by atoms with Gasteiger partial charge in [-0.15, -0.1) is 10.2 Å². The fraction of sp³-hybridized carbons (Fsp3) is 0.111. The lowest BCUT2D eigenvalue weighted by molar-refractivity contribution is 0.773. The molecule has 3 N–H and O–H groups in total. The molecule has 0 fully saturated rings. The minimum atomic E-state index is 0.743. The third kappa shape index (κ3) is 2.26. The number of nitrogens with zero attached hydrogens (tertiary/aromatic N) is 3. The number of nitrogens with one attached hydrogen (secondary N) is 1. The van der Waals surface area contributed by atoms with Crippen LogP contribution in [-0.2, 0) is 6.54 Å². The van der Waals surface area contributed by atoms with Gasteiger partial charge in [-0.05, 0) is 43.3 Å². The number of para-hydroxylation sites is 1. The van der Waals surface area contributed by atoms with Gasteiger partial charge in [-0.25, -0.2) is 0 Å². The second-order valence-electron chi connectivity index (χ2n) is 5.48. The summed E-state index contributed by atoms with van der Waals surface area (Å²) in [6.07, 6.45) is 0. The van der Waals surface area contributed by atoms with Gasteiger partial charge >= 0.3 is 0 Å². The number of nitrogen functional groups attached to an aromatic ring is 1. The minimum Gasteiger partial charge on any atom is -0.399 e. The molecule has 2 heterocycles. The zero-order chi connectivity index (χ0) is 15.8. The number of nitrogens with two attached hydrogens (primary N) is 1. The van der Waals surface area contributed by atoms with E-state index in [-0.39, 0.29) is 0 Å². The molecule has 0 radical (unpaired) electrons. The average Bonchev–Trinajstić information content (AvgIpc) is 3.18. The van der Waals surface area contributed by atoms with E-state index in [1.807, 2.05) is 36.4 Å². The molecule has 23 heavy (non-hydrogen) atoms. The number of aromatic amines is 1. The molecule has 0 aliphatic carbocycles. The van der Waals surface area contributed by atoms with Crippen molar-refractivity contribution in [2.45, 2.75) is 13.5 Å². The van der Waals surface area contributed by atoms with E-state index >= 15 is 0 Å². The van der Waals surface area contributed by atoms with Crippen LogP contribution in [0, 0.1) is 0 Å². The highest BCUT2D eigenvalue weighted by molar-refractivity contribution is 5.84. The summed E-state index contributed by atoms with van der Waals surface area (Å²) in [5.74, 6) is 1.69. The van der Waals surface area contributed by atoms with Crippen molar-refractivity contribution in [1.82, 2.24) is 19.7 Å². The fourth-order valence-corrected chi connectivity index (χ4v) is 2.84. The number of anilines is 1. The molecule has 0 unspecified atom stereocenters. The molecule has 114 valence electrons. The summed E-state index contributed by atoms with van der Waals surface area (Å²) in [7, 11) is 0. The predicted molar refractivity (Wildman–Crippen MR) is 92.8 cm³/mol. The molecule has 5 nitrogen and oxygen atoms in total. The second-order valence-corrected chi connectivity index (χ2v) is 5.48. The summed E-state index contributed by atoms with van der Waals surface area (Å²) in [4.78, 5) is 3.42. The first-order valence-corrected chi connectivity index (χ1v) is 7.63. The van der Waals surface area contributed by atoms with Gasteiger partial charge in [0.05, 0.1) is 5.69 Å². The predicted octanol–water partition coefficient (Wildman–Crippen LogP) is 3.70. The van der Waals surface area contributed by atoms with Crippen molar-refractivity contribution in [3.8, 4) is 22.9 Å². The Hall–Kier alpha value is -3.08. The highest BCUT2D eigenvalue weighted by Crippen LogP contribution is 2.27. The smallest absolute Gasteiger partial charge is 0.180 e. The molecule has 0 aliphatic heterocycles. The standard InChI is InChI=1S/C18H17N5/c1-2-23-17(12-7-9-14(19)10-8-12)21-22-18(23)16-11-13-5-3-4-6-15(13)20-16/h3-11,20H,2,19H2,1H3. The highest BCUT2D eigenvalue weighted by Gasteiger charge is 2.15. The molecular formula is C18H17N5. The summed E-state index contributed by atoms with van der Waals surface area (Å²) in [6.45, 7) is 2.88. The Kier molecular flexibility index (Phi) is 3.12. The number of fused-ring (bicyclic) bond motifs is 1. The summed E-state index contributed by atoms with van der Waals surface area (Å²) in [5.41, 5.74) is 9.59. The van der Waals surface area contributed by atoms with Crippen LogP contribution in [0.1, 0.15) is 6.92 Å². The van der Waals surface area contributed by atoms with E-state index in [1.54, 1.807) is 0 Å². The summed E-state index contributed by atoms with van der Waals surface area (Å²) < 4.78 is 2.11. The van der Waals surface area contributed by atoms with E-state index < -0.39 is 0 Å². The first kappa shape index (κ1) is 13.6. The largest absolute Gasteiger partial charge is 0.399 e. The maximum Gasteiger partial charge on any atom is 0.180 e. The van der Waals surface area contributed by atoms with E-state index in [0.717, 1.165) is 40.7 Å². The molecule has 0 amide bonds. The van der Waals surface area contributed by atoms with Gasteiger partial charge in [-0.3, -0.25) is 0 Å². The van der Waals surface area contributed by atoms with Crippen LogP contribution in [-0.4, -0.2) is 19.7 Å². The van der Waals surface area contributed by atoms with Gasteiger partial charge in [0, 0.05) is 28.7 Å². The Morgan fingerprint density at radius 3 is 2.48 bits per heavy atom. The molecule has 0 aliphatic rings. The van der Waals surface area contributed by atoms with E-state index in [4.69, 9.17) is 5.73 Å². The van der Waals surface area contributed by atoms with E-state index in [2.05, 4.69) is 44.9 Å². The van der Waals surface area contributed by atoms with Gasteiger partial charge in [0.15, 0.2) is 11.6 Å². The molecule has 4 aromatic rings. The third-order valence-corrected chi connectivity index (χ3v) is 4.01. The number of hydrogen-bond acceptors (Lipinski definition) is 3. The first-order valence-electron chi connectivity index (χ1n) is 7.63. The van der Waals surface area contributed by atoms with E-state index in [9.17, 15) is 0 Å². The number of H-pyrrole nitrogens is 1. The van der Waals surface area contributed by atoms with Crippen molar-refractivity contribution in [3.05, 3.63) is 54.6 Å². The maximum atomic E-state index is 5.77. The SMILES string of the molecule is CCn1c(-c2ccc(N)cc2)nnc1-c1cc2ccccc2[nH]1. The number of aromatic nitrogens is 4. The fourth-order valence-electron chi connectivity index (χ4n) is 2.84. The van der Waals surface area contributed by atoms with Gasteiger partial charge in [-0.2, -0.15) is 0 Å². The summed E-state index contributed by atoms with van der Waals surface area (Å²) in [5, 5.41) is 9.96. The quantitative estimate of drug-likeness (QED) is 0.567. The molecule has 0 atom stereocenters. The number of hydrogen-bond donors (Lipinski definition) is 2. The first-order chi connectivity index (χ1) is 11.3. The number of rotatable bonds is 3. The van der Waals surface area contributed by atoms with Crippen LogP contribution < -0.4 is 5.73 Å². The molecule has 5 heteroatoms. The minimum absolute atomic E-state index is 0.743. The average molecular weight is 303 g/mol. The monoisotopic (exact) mass is 303 g/mol. The van der Waals surface area contributed by atoms with Crippen LogP contribution in [0.5, 0.6) is 0 Å². The van der Waals surface area contributed by atoms with Crippen molar-refractivity contribution >= 4 is 16.6 Å². The summed E-state index contributed by atoms with van der Waals surface area (Å²) >= 11 is 0. The zero-order valence-electron chi connectivity index (χ0n) is 12.8. The lowest BCUT2D eigenvalue weighted by Crippen LogP contribution is -2.00. The highest BCUT2D eigenvalue weighted by atomic mass is 15.3. The Bertz CT molecular complexity index is 930. The Balaban J connectivity index is 1.85. The molecule has 2 aromatic carbocycles. The van der Waals surface area contributed by atoms with Crippen molar-refractivity contribution in [3.63, 3.8) is 0 Å². The lowest BCUT2D eigenvalue weighted by atomic mass is 10.2. The molecule has 0 bridgehead atoms. The lowest BCUT2D eigenvalue weighted by Gasteiger charge is -2.06. The van der Waals surface area contributed by atoms with E-state index in [1.165, 1.54) is 5.39 Å². The zero-order valence-corrected chi connectivity index (χ0v) is 12.8. The van der Waals surface area contributed by atoms with E-state index in [0.29, 0.717) is 0 Å². The number of benzene rings is 2. The second kappa shape index (κ2) is 5.28. The van der Waals surface area contributed by atoms with Crippen molar-refractivity contribution in [2.75, 3.05) is 5.73 Å². The van der Waals surface area contributed by atoms with Crippen molar-refractivity contribution in [2.24, 2.45) is 0 Å². The van der Waals surface area contributed by atoms with Crippen molar-refractivity contribution < 1.29 is 0 Å². The molecule has 0 saturated heterocycles. The van der Waals surface area contributed by atoms with Crippen LogP contribution in [0.2, 0.25) is 0 Å². The molecule has 4 rings (SSSR count). The maximum absolute atomic E-state index is 5.77. The van der Waals surface area contributed by atoms with Gasteiger partial charge < -0.3 is 15.3 Å². The van der Waals surface area contributed by atoms with Crippen LogP contribution >= 0.6 is 0 Å². The third-order valence-electron chi connectivity index (χ3n) is 4.01. The van der Waals surface area contributed by atoms with Crippen LogP contribution in [0.25, 0.3) is 33.8 Å². The molecule has 2 aromatic heterocycles. The summed E-state index contributed by atoms with van der Waals surface area (Å²) in [6, 6.07) is 18.0. The van der Waals surface area contributed by atoms with Crippen molar-refractivity contribution in [1.29, 1.82) is 0 Å². The normalized spacial score (nSPS) is 11.2. The van der Waals surface area contributed by atoms with Gasteiger partial charge in [0.2, 0.25) is 0 Å². The Morgan fingerprint density at radius 1 is 1.00 bits per heavy atom. The van der Waals surface area contributed by atoms with Crippen LogP contribution in [0.3, 0.4) is 0 Å². The molecule has 0 saturated carbocycles.